The first kappa shape index (κ1) is 23.9. The minimum Gasteiger partial charge on any atom is -0.471 e. The summed E-state index contributed by atoms with van der Waals surface area (Å²) in [7, 11) is 1.31. The summed E-state index contributed by atoms with van der Waals surface area (Å²) >= 11 is 0. The molecule has 8 heteroatoms. The highest BCUT2D eigenvalue weighted by atomic mass is 16.5. The van der Waals surface area contributed by atoms with E-state index in [2.05, 4.69) is 36.3 Å². The normalized spacial score (nSPS) is 12.8. The van der Waals surface area contributed by atoms with E-state index in [4.69, 9.17) is 4.79 Å². The predicted molar refractivity (Wildman–Crippen MR) is 129 cm³/mol. The summed E-state index contributed by atoms with van der Waals surface area (Å²) in [5, 5.41) is 6.22. The molecule has 1 aliphatic heterocycles. The summed E-state index contributed by atoms with van der Waals surface area (Å²) in [5.41, 5.74) is 5.29. The number of pyridine rings is 2. The number of aromatic nitrogens is 2. The second-order valence-corrected chi connectivity index (χ2v) is 7.58. The number of rotatable bonds is 6. The van der Waals surface area contributed by atoms with Crippen molar-refractivity contribution in [3.8, 4) is 11.1 Å². The van der Waals surface area contributed by atoms with Gasteiger partial charge in [-0.25, -0.2) is 4.98 Å². The number of amides is 1. The highest BCUT2D eigenvalue weighted by Crippen LogP contribution is 2.20. The summed E-state index contributed by atoms with van der Waals surface area (Å²) in [6.45, 7) is 6.27. The van der Waals surface area contributed by atoms with Crippen LogP contribution in [0.25, 0.3) is 11.1 Å². The maximum atomic E-state index is 12.4. The Morgan fingerprint density at radius 3 is 2.42 bits per heavy atom. The highest BCUT2D eigenvalue weighted by Gasteiger charge is 2.11. The predicted octanol–water partition coefficient (Wildman–Crippen LogP) is 2.83. The molecule has 172 valence electrons. The van der Waals surface area contributed by atoms with Gasteiger partial charge in [0.25, 0.3) is 6.47 Å². The van der Waals surface area contributed by atoms with Crippen molar-refractivity contribution in [3.05, 3.63) is 72.2 Å². The van der Waals surface area contributed by atoms with E-state index in [0.717, 1.165) is 54.3 Å². The Balaban J connectivity index is 0.000000709. The van der Waals surface area contributed by atoms with E-state index < -0.39 is 0 Å². The number of methoxy groups -OCH3 is 1. The number of benzene rings is 1. The lowest BCUT2D eigenvalue weighted by Gasteiger charge is -2.29. The Kier molecular flexibility index (Phi) is 8.90. The molecular weight excluding hydrogens is 418 g/mol. The van der Waals surface area contributed by atoms with Gasteiger partial charge in [0.15, 0.2) is 0 Å². The van der Waals surface area contributed by atoms with Crippen LogP contribution in [-0.4, -0.2) is 55.6 Å². The van der Waals surface area contributed by atoms with Gasteiger partial charge in [-0.3, -0.25) is 14.6 Å². The van der Waals surface area contributed by atoms with Gasteiger partial charge in [-0.2, -0.15) is 0 Å². The van der Waals surface area contributed by atoms with Crippen molar-refractivity contribution in [2.75, 3.05) is 43.5 Å². The van der Waals surface area contributed by atoms with Gasteiger partial charge in [0, 0.05) is 38.1 Å². The molecule has 1 saturated heterocycles. The number of anilines is 2. The summed E-state index contributed by atoms with van der Waals surface area (Å²) in [6, 6.07) is 16.0. The minimum atomic E-state index is -0.0695. The number of ether oxygens (including phenoxy) is 1. The molecule has 2 N–H and O–H groups in total. The topological polar surface area (TPSA) is 96.5 Å². The molecule has 1 fully saturated rings. The van der Waals surface area contributed by atoms with E-state index in [1.807, 2.05) is 61.8 Å². The van der Waals surface area contributed by atoms with Crippen molar-refractivity contribution in [3.63, 3.8) is 0 Å². The Bertz CT molecular complexity index is 1030. The van der Waals surface area contributed by atoms with Gasteiger partial charge >= 0.3 is 0 Å². The summed E-state index contributed by atoms with van der Waals surface area (Å²) < 4.78 is 3.86. The van der Waals surface area contributed by atoms with Gasteiger partial charge in [-0.1, -0.05) is 24.3 Å². The first-order valence-corrected chi connectivity index (χ1v) is 10.8. The molecule has 3 heterocycles. The molecular formula is C25H29N5O3. The molecule has 4 rings (SSSR count). The fraction of sp³-hybridized carbons (Fsp3) is 0.280. The van der Waals surface area contributed by atoms with Crippen LogP contribution in [0.4, 0.5) is 11.5 Å². The summed E-state index contributed by atoms with van der Waals surface area (Å²) in [6.07, 6.45) is 3.95. The smallest absolute Gasteiger partial charge is 0.292 e. The van der Waals surface area contributed by atoms with E-state index in [1.165, 1.54) is 7.11 Å². The molecule has 0 atom stereocenters. The van der Waals surface area contributed by atoms with Gasteiger partial charge in [-0.15, -0.1) is 0 Å². The van der Waals surface area contributed by atoms with Crippen LogP contribution in [-0.2, 0) is 20.7 Å². The van der Waals surface area contributed by atoms with E-state index in [0.29, 0.717) is 18.7 Å². The fourth-order valence-electron chi connectivity index (χ4n) is 3.48. The first-order chi connectivity index (χ1) is 16.1. The fourth-order valence-corrected chi connectivity index (χ4v) is 3.48. The second kappa shape index (κ2) is 12.3. The monoisotopic (exact) mass is 447 g/mol. The van der Waals surface area contributed by atoms with E-state index in [9.17, 15) is 4.79 Å². The third kappa shape index (κ3) is 7.40. The maximum absolute atomic E-state index is 12.4. The quantitative estimate of drug-likeness (QED) is 0.561. The van der Waals surface area contributed by atoms with Gasteiger partial charge in [-0.05, 0) is 47.9 Å². The second-order valence-electron chi connectivity index (χ2n) is 7.58. The summed E-state index contributed by atoms with van der Waals surface area (Å²) in [5.74, 6) is 0.512. The molecule has 8 nitrogen and oxygen atoms in total. The third-order valence-electron chi connectivity index (χ3n) is 5.14. The number of aryl methyl sites for hydroxylation is 1. The molecule has 1 amide bonds. The SMILES string of the molecule is COC=O.Cc1cc(-c2ccc(CC(=O)Nc3ccc(N4CCNCC4)cn3)cc2)ccn1. The van der Waals surface area contributed by atoms with Crippen molar-refractivity contribution < 1.29 is 14.3 Å². The Morgan fingerprint density at radius 1 is 1.09 bits per heavy atom. The number of nitrogens with zero attached hydrogens (tertiary/aromatic N) is 3. The van der Waals surface area contributed by atoms with Crippen LogP contribution in [0.5, 0.6) is 0 Å². The highest BCUT2D eigenvalue weighted by molar-refractivity contribution is 5.91. The van der Waals surface area contributed by atoms with Crippen LogP contribution < -0.4 is 15.5 Å². The van der Waals surface area contributed by atoms with Crippen molar-refractivity contribution in [2.45, 2.75) is 13.3 Å². The van der Waals surface area contributed by atoms with Crippen LogP contribution in [0.15, 0.2) is 60.9 Å². The lowest BCUT2D eigenvalue weighted by Crippen LogP contribution is -2.43. The average Bonchev–Trinajstić information content (AvgIpc) is 2.85. The van der Waals surface area contributed by atoms with Gasteiger partial charge in [0.05, 0.1) is 25.4 Å². The largest absolute Gasteiger partial charge is 0.471 e. The number of nitrogens with one attached hydrogen (secondary N) is 2. The molecule has 1 aliphatic rings. The Morgan fingerprint density at radius 2 is 1.82 bits per heavy atom. The van der Waals surface area contributed by atoms with Crippen LogP contribution >= 0.6 is 0 Å². The van der Waals surface area contributed by atoms with Crippen molar-refractivity contribution in [1.82, 2.24) is 15.3 Å². The summed E-state index contributed by atoms with van der Waals surface area (Å²) in [4.78, 5) is 32.3. The minimum absolute atomic E-state index is 0.0695. The lowest BCUT2D eigenvalue weighted by molar-refractivity contribution is -0.126. The van der Waals surface area contributed by atoms with E-state index in [-0.39, 0.29) is 5.91 Å². The zero-order valence-corrected chi connectivity index (χ0v) is 19.0. The average molecular weight is 448 g/mol. The van der Waals surface area contributed by atoms with Crippen LogP contribution in [0, 0.1) is 6.92 Å². The molecule has 3 aromatic rings. The molecule has 0 unspecified atom stereocenters. The molecule has 0 bridgehead atoms. The van der Waals surface area contributed by atoms with Crippen LogP contribution in [0.2, 0.25) is 0 Å². The Hall–Kier alpha value is -3.78. The molecule has 0 radical (unpaired) electrons. The van der Waals surface area contributed by atoms with E-state index >= 15 is 0 Å². The molecule has 0 spiro atoms. The molecule has 2 aromatic heterocycles. The number of hydrogen-bond acceptors (Lipinski definition) is 7. The number of hydrogen-bond donors (Lipinski definition) is 2. The number of carbonyl (C=O) groups is 2. The standard InChI is InChI=1S/C23H25N5O.C2H4O2/c1-17-14-20(8-9-25-17)19-4-2-18(3-5-19)15-23(29)27-22-7-6-21(16-26-22)28-12-10-24-11-13-28;1-4-2-3/h2-9,14,16,24H,10-13,15H2,1H3,(H,26,27,29);2H,1H3. The van der Waals surface area contributed by atoms with E-state index in [1.54, 1.807) is 0 Å². The number of piperazine rings is 1. The third-order valence-corrected chi connectivity index (χ3v) is 5.14. The van der Waals surface area contributed by atoms with Crippen molar-refractivity contribution in [1.29, 1.82) is 0 Å². The first-order valence-electron chi connectivity index (χ1n) is 10.8. The molecule has 0 aliphatic carbocycles. The molecule has 0 saturated carbocycles. The lowest BCUT2D eigenvalue weighted by atomic mass is 10.0. The number of carbonyl (C=O) groups excluding carboxylic acids is 2. The van der Waals surface area contributed by atoms with Crippen molar-refractivity contribution >= 4 is 23.9 Å². The van der Waals surface area contributed by atoms with Gasteiger partial charge in [0.1, 0.15) is 5.82 Å². The molecule has 1 aromatic carbocycles. The van der Waals surface area contributed by atoms with Crippen molar-refractivity contribution in [2.24, 2.45) is 0 Å². The van der Waals surface area contributed by atoms with Gasteiger partial charge in [0.2, 0.25) is 5.91 Å². The maximum Gasteiger partial charge on any atom is 0.292 e. The van der Waals surface area contributed by atoms with Gasteiger partial charge < -0.3 is 20.3 Å². The van der Waals surface area contributed by atoms with Crippen LogP contribution in [0.3, 0.4) is 0 Å². The molecule has 33 heavy (non-hydrogen) atoms. The zero-order valence-electron chi connectivity index (χ0n) is 19.0. The van der Waals surface area contributed by atoms with Crippen LogP contribution in [0.1, 0.15) is 11.3 Å². The Labute approximate surface area is 194 Å². The zero-order chi connectivity index (χ0) is 23.5.